The Morgan fingerprint density at radius 2 is 2.33 bits per heavy atom. The molecule has 84 valence electrons. The summed E-state index contributed by atoms with van der Waals surface area (Å²) in [5.74, 6) is 0. The van der Waals surface area contributed by atoms with E-state index in [1.165, 1.54) is 12.0 Å². The molecule has 3 heteroatoms. The summed E-state index contributed by atoms with van der Waals surface area (Å²) in [5.41, 5.74) is 2.34. The lowest BCUT2D eigenvalue weighted by Crippen LogP contribution is -2.15. The molecular formula is C12H21N3. The topological polar surface area (TPSA) is 29.9 Å². The smallest absolute Gasteiger partial charge is 0.0876 e. The third-order valence-electron chi connectivity index (χ3n) is 2.32. The molecule has 0 bridgehead atoms. The van der Waals surface area contributed by atoms with Crippen molar-refractivity contribution in [3.05, 3.63) is 24.0 Å². The molecule has 0 saturated heterocycles. The molecule has 0 aromatic carbocycles. The van der Waals surface area contributed by atoms with E-state index >= 15 is 0 Å². The van der Waals surface area contributed by atoms with Crippen molar-refractivity contribution in [3.8, 4) is 0 Å². The van der Waals surface area contributed by atoms with E-state index in [4.69, 9.17) is 0 Å². The highest BCUT2D eigenvalue weighted by Gasteiger charge is 1.97. The molecule has 0 amide bonds. The van der Waals surface area contributed by atoms with Crippen molar-refractivity contribution < 1.29 is 0 Å². The van der Waals surface area contributed by atoms with Crippen LogP contribution in [0.15, 0.2) is 18.3 Å². The van der Waals surface area contributed by atoms with E-state index in [1.807, 2.05) is 24.0 Å². The number of aryl methyl sites for hydroxylation is 1. The van der Waals surface area contributed by atoms with Gasteiger partial charge in [-0.1, -0.05) is 13.0 Å². The SMILES string of the molecule is CCCNCC/C=C(/C)c1ccn(C)n1. The maximum atomic E-state index is 4.35. The number of nitrogens with zero attached hydrogens (tertiary/aromatic N) is 2. The second kappa shape index (κ2) is 6.40. The lowest BCUT2D eigenvalue weighted by atomic mass is 10.2. The Hall–Kier alpha value is -1.09. The van der Waals surface area contributed by atoms with Crippen LogP contribution >= 0.6 is 0 Å². The van der Waals surface area contributed by atoms with Gasteiger partial charge in [-0.3, -0.25) is 4.68 Å². The quantitative estimate of drug-likeness (QED) is 0.725. The molecule has 0 aliphatic rings. The van der Waals surface area contributed by atoms with E-state index in [9.17, 15) is 0 Å². The third kappa shape index (κ3) is 4.30. The van der Waals surface area contributed by atoms with Gasteiger partial charge in [0.1, 0.15) is 0 Å². The molecular weight excluding hydrogens is 186 g/mol. The van der Waals surface area contributed by atoms with Gasteiger partial charge in [-0.05, 0) is 44.5 Å². The van der Waals surface area contributed by atoms with Gasteiger partial charge in [0.15, 0.2) is 0 Å². The van der Waals surface area contributed by atoms with Crippen molar-refractivity contribution >= 4 is 5.57 Å². The van der Waals surface area contributed by atoms with E-state index in [2.05, 4.69) is 30.3 Å². The van der Waals surface area contributed by atoms with Gasteiger partial charge in [-0.25, -0.2) is 0 Å². The lowest BCUT2D eigenvalue weighted by Gasteiger charge is -2.00. The molecule has 0 saturated carbocycles. The summed E-state index contributed by atoms with van der Waals surface area (Å²) in [4.78, 5) is 0. The van der Waals surface area contributed by atoms with Crippen LogP contribution in [0.25, 0.3) is 5.57 Å². The number of nitrogens with one attached hydrogen (secondary N) is 1. The molecule has 15 heavy (non-hydrogen) atoms. The van der Waals surface area contributed by atoms with Gasteiger partial charge >= 0.3 is 0 Å². The molecule has 0 unspecified atom stereocenters. The molecule has 0 aliphatic heterocycles. The molecule has 0 spiro atoms. The van der Waals surface area contributed by atoms with Crippen molar-refractivity contribution in [2.45, 2.75) is 26.7 Å². The first-order valence-electron chi connectivity index (χ1n) is 5.61. The van der Waals surface area contributed by atoms with Gasteiger partial charge in [0.2, 0.25) is 0 Å². The highest BCUT2D eigenvalue weighted by Crippen LogP contribution is 2.10. The zero-order valence-corrected chi connectivity index (χ0v) is 9.95. The minimum atomic E-state index is 1.05. The molecule has 0 aliphatic carbocycles. The Balaban J connectivity index is 2.33. The Bertz CT molecular complexity index is 312. The zero-order valence-electron chi connectivity index (χ0n) is 9.95. The lowest BCUT2D eigenvalue weighted by molar-refractivity contribution is 0.678. The van der Waals surface area contributed by atoms with Crippen molar-refractivity contribution in [2.24, 2.45) is 7.05 Å². The van der Waals surface area contributed by atoms with E-state index < -0.39 is 0 Å². The van der Waals surface area contributed by atoms with Crippen molar-refractivity contribution in [1.82, 2.24) is 15.1 Å². The maximum Gasteiger partial charge on any atom is 0.0876 e. The monoisotopic (exact) mass is 207 g/mol. The fourth-order valence-corrected chi connectivity index (χ4v) is 1.42. The largest absolute Gasteiger partial charge is 0.316 e. The van der Waals surface area contributed by atoms with Gasteiger partial charge in [0.05, 0.1) is 5.69 Å². The Morgan fingerprint density at radius 1 is 1.53 bits per heavy atom. The van der Waals surface area contributed by atoms with Crippen LogP contribution in [0.3, 0.4) is 0 Å². The summed E-state index contributed by atoms with van der Waals surface area (Å²) in [6, 6.07) is 2.05. The Kier molecular flexibility index (Phi) is 5.12. The van der Waals surface area contributed by atoms with Crippen molar-refractivity contribution in [3.63, 3.8) is 0 Å². The summed E-state index contributed by atoms with van der Waals surface area (Å²) in [6.45, 7) is 6.46. The van der Waals surface area contributed by atoms with Gasteiger partial charge in [-0.2, -0.15) is 5.10 Å². The van der Waals surface area contributed by atoms with Crippen LogP contribution in [0, 0.1) is 0 Å². The Morgan fingerprint density at radius 3 is 2.93 bits per heavy atom. The van der Waals surface area contributed by atoms with Crippen molar-refractivity contribution in [1.29, 1.82) is 0 Å². The van der Waals surface area contributed by atoms with E-state index in [1.54, 1.807) is 0 Å². The highest BCUT2D eigenvalue weighted by atomic mass is 15.2. The van der Waals surface area contributed by atoms with Crippen LogP contribution in [0.4, 0.5) is 0 Å². The molecule has 0 atom stereocenters. The summed E-state index contributed by atoms with van der Waals surface area (Å²) in [5, 5.41) is 7.73. The van der Waals surface area contributed by atoms with Crippen LogP contribution in [-0.4, -0.2) is 22.9 Å². The molecule has 0 radical (unpaired) electrons. The molecule has 1 heterocycles. The van der Waals surface area contributed by atoms with E-state index in [0.29, 0.717) is 0 Å². The van der Waals surface area contributed by atoms with E-state index in [0.717, 1.165) is 25.2 Å². The number of hydrogen-bond acceptors (Lipinski definition) is 2. The van der Waals surface area contributed by atoms with Crippen molar-refractivity contribution in [2.75, 3.05) is 13.1 Å². The maximum absolute atomic E-state index is 4.35. The summed E-state index contributed by atoms with van der Waals surface area (Å²) < 4.78 is 1.84. The minimum absolute atomic E-state index is 1.05. The average molecular weight is 207 g/mol. The number of aromatic nitrogens is 2. The molecule has 1 aromatic rings. The molecule has 3 nitrogen and oxygen atoms in total. The first-order valence-corrected chi connectivity index (χ1v) is 5.61. The molecule has 1 N–H and O–H groups in total. The second-order valence-corrected chi connectivity index (χ2v) is 3.80. The predicted molar refractivity (Wildman–Crippen MR) is 64.6 cm³/mol. The van der Waals surface area contributed by atoms with Crippen LogP contribution in [0.1, 0.15) is 32.4 Å². The third-order valence-corrected chi connectivity index (χ3v) is 2.32. The van der Waals surface area contributed by atoms with Crippen LogP contribution in [-0.2, 0) is 7.05 Å². The highest BCUT2D eigenvalue weighted by molar-refractivity contribution is 5.59. The number of allylic oxidation sites excluding steroid dienone is 1. The van der Waals surface area contributed by atoms with Gasteiger partial charge in [0, 0.05) is 13.2 Å². The number of hydrogen-bond donors (Lipinski definition) is 1. The summed E-state index contributed by atoms with van der Waals surface area (Å²) >= 11 is 0. The van der Waals surface area contributed by atoms with Gasteiger partial charge < -0.3 is 5.32 Å². The first kappa shape index (κ1) is 12.0. The molecule has 1 rings (SSSR count). The van der Waals surface area contributed by atoms with Crippen LogP contribution < -0.4 is 5.32 Å². The fraction of sp³-hybridized carbons (Fsp3) is 0.583. The Labute approximate surface area is 92.2 Å². The predicted octanol–water partition coefficient (Wildman–Crippen LogP) is 2.21. The van der Waals surface area contributed by atoms with Gasteiger partial charge in [-0.15, -0.1) is 0 Å². The second-order valence-electron chi connectivity index (χ2n) is 3.80. The zero-order chi connectivity index (χ0) is 11.1. The van der Waals surface area contributed by atoms with Crippen LogP contribution in [0.2, 0.25) is 0 Å². The normalized spacial score (nSPS) is 12.1. The van der Waals surface area contributed by atoms with E-state index in [-0.39, 0.29) is 0 Å². The number of rotatable bonds is 6. The molecule has 1 aromatic heterocycles. The fourth-order valence-electron chi connectivity index (χ4n) is 1.42. The average Bonchev–Trinajstić information content (AvgIpc) is 2.64. The summed E-state index contributed by atoms with van der Waals surface area (Å²) in [6.07, 6.45) is 6.48. The van der Waals surface area contributed by atoms with Crippen LogP contribution in [0.5, 0.6) is 0 Å². The first-order chi connectivity index (χ1) is 7.24. The minimum Gasteiger partial charge on any atom is -0.316 e. The molecule has 0 fully saturated rings. The standard InChI is InChI=1S/C12H21N3/c1-4-8-13-9-5-6-11(2)12-7-10-15(3)14-12/h6-7,10,13H,4-5,8-9H2,1-3H3/b11-6-. The van der Waals surface area contributed by atoms with Gasteiger partial charge in [0.25, 0.3) is 0 Å². The summed E-state index contributed by atoms with van der Waals surface area (Å²) in [7, 11) is 1.94.